The number of unbranched alkanes of at least 4 members (excludes halogenated alkanes) is 20. The Bertz CT molecular complexity index is 1060. The predicted molar refractivity (Wildman–Crippen MR) is 241 cm³/mol. The lowest BCUT2D eigenvalue weighted by Gasteiger charge is -2.24. The summed E-state index contributed by atoms with van der Waals surface area (Å²) in [4.78, 5) is 25.9. The highest BCUT2D eigenvalue weighted by atomic mass is 16.5. The molecule has 0 saturated carbocycles. The Balaban J connectivity index is 4.56. The number of hydrogen-bond acceptors (Lipinski definition) is 5. The lowest BCUT2D eigenvalue weighted by atomic mass is 10.0. The maximum Gasteiger partial charge on any atom is 0.306 e. The van der Waals surface area contributed by atoms with Crippen molar-refractivity contribution in [2.24, 2.45) is 0 Å². The van der Waals surface area contributed by atoms with E-state index < -0.39 is 18.2 Å². The Kier molecular flexibility index (Phi) is 41.3. The van der Waals surface area contributed by atoms with E-state index in [4.69, 9.17) is 4.74 Å². The maximum atomic E-state index is 13.1. The summed E-state index contributed by atoms with van der Waals surface area (Å²) in [7, 11) is 0. The van der Waals surface area contributed by atoms with Crippen molar-refractivity contribution in [3.8, 4) is 0 Å². The summed E-state index contributed by atoms with van der Waals surface area (Å²) < 4.78 is 5.86. The predicted octanol–water partition coefficient (Wildman–Crippen LogP) is 13.4. The molecule has 0 aromatic heterocycles. The molecule has 3 atom stereocenters. The Morgan fingerprint density at radius 2 is 1.02 bits per heavy atom. The third-order valence-electron chi connectivity index (χ3n) is 10.1. The van der Waals surface area contributed by atoms with Crippen molar-refractivity contribution in [2.45, 2.75) is 225 Å². The van der Waals surface area contributed by atoms with Crippen molar-refractivity contribution in [1.82, 2.24) is 5.32 Å². The maximum absolute atomic E-state index is 13.1. The molecule has 0 heterocycles. The minimum absolute atomic E-state index is 0.0455. The quantitative estimate of drug-likeness (QED) is 0.0249. The summed E-state index contributed by atoms with van der Waals surface area (Å²) in [5.74, 6) is -0.548. The van der Waals surface area contributed by atoms with Gasteiger partial charge in [0.15, 0.2) is 0 Å². The fourth-order valence-corrected chi connectivity index (χ4v) is 6.63. The molecule has 0 aromatic rings. The Morgan fingerprint density at radius 3 is 1.59 bits per heavy atom. The van der Waals surface area contributed by atoms with Gasteiger partial charge in [0.25, 0.3) is 0 Å². The van der Waals surface area contributed by atoms with Crippen molar-refractivity contribution in [3.63, 3.8) is 0 Å². The minimum atomic E-state index is -0.800. The third kappa shape index (κ3) is 38.2. The number of amides is 1. The van der Waals surface area contributed by atoms with E-state index in [0.29, 0.717) is 19.3 Å². The molecule has 0 saturated heterocycles. The van der Waals surface area contributed by atoms with E-state index in [1.165, 1.54) is 70.6 Å². The number of nitrogens with one attached hydrogen (secondary N) is 1. The van der Waals surface area contributed by atoms with Gasteiger partial charge in [0.05, 0.1) is 25.2 Å². The topological polar surface area (TPSA) is 95.9 Å². The van der Waals surface area contributed by atoms with Gasteiger partial charge in [-0.3, -0.25) is 9.59 Å². The lowest BCUT2D eigenvalue weighted by Crippen LogP contribution is -2.46. The summed E-state index contributed by atoms with van der Waals surface area (Å²) in [5, 5.41) is 23.6. The first kappa shape index (κ1) is 53.3. The fraction of sp³-hybridized carbons (Fsp3) is 0.720. The van der Waals surface area contributed by atoms with Gasteiger partial charge in [-0.2, -0.15) is 0 Å². The largest absolute Gasteiger partial charge is 0.462 e. The van der Waals surface area contributed by atoms with Gasteiger partial charge in [-0.05, 0) is 64.2 Å². The van der Waals surface area contributed by atoms with E-state index in [2.05, 4.69) is 56.5 Å². The van der Waals surface area contributed by atoms with Gasteiger partial charge in [0, 0.05) is 6.42 Å². The molecule has 0 rings (SSSR count). The third-order valence-corrected chi connectivity index (χ3v) is 10.1. The standard InChI is InChI=1S/C50H87NO5/c1-4-7-10-13-16-19-21-23-25-27-29-31-34-37-40-43-50(55)56-46(41-38-35-32-18-15-12-9-6-3)44-49(54)51-47(45-52)48(53)42-39-36-33-30-28-26-24-22-20-17-14-11-8-5-2/h7,10,12-13,15-16,19,21,23,25,27,29,46-48,52-53H,4-6,8-9,11,14,17-18,20,22,24,26,28,30-45H2,1-3H3,(H,51,54)/b10-7+,15-12-,16-13+,21-19-,25-23-,29-27+. The van der Waals surface area contributed by atoms with Gasteiger partial charge in [0.1, 0.15) is 6.10 Å². The summed E-state index contributed by atoms with van der Waals surface area (Å²) >= 11 is 0. The molecule has 3 unspecified atom stereocenters. The Labute approximate surface area is 345 Å². The van der Waals surface area contributed by atoms with Crippen molar-refractivity contribution >= 4 is 11.9 Å². The fourth-order valence-electron chi connectivity index (χ4n) is 6.63. The van der Waals surface area contributed by atoms with Gasteiger partial charge in [-0.1, -0.05) is 203 Å². The normalized spacial score (nSPS) is 14.0. The van der Waals surface area contributed by atoms with E-state index in [-0.39, 0.29) is 24.9 Å². The molecular weight excluding hydrogens is 695 g/mol. The summed E-state index contributed by atoms with van der Waals surface area (Å²) in [6.07, 6.45) is 54.0. The van der Waals surface area contributed by atoms with Crippen LogP contribution in [0.2, 0.25) is 0 Å². The molecule has 0 aromatic carbocycles. The molecule has 0 bridgehead atoms. The SMILES string of the molecule is CC/C=C/C=C/C=C\C=C/C=C/CCCCCC(=O)OC(CCCCC/C=C\CCC)CC(=O)NC(CO)C(O)CCCCCCCCCCCCCCCC. The zero-order valence-corrected chi connectivity index (χ0v) is 36.5. The molecule has 6 nitrogen and oxygen atoms in total. The molecule has 0 fully saturated rings. The second kappa shape index (κ2) is 43.4. The van der Waals surface area contributed by atoms with E-state index in [1.54, 1.807) is 0 Å². The van der Waals surface area contributed by atoms with Crippen LogP contribution in [0.5, 0.6) is 0 Å². The molecule has 0 aliphatic rings. The number of ether oxygens (including phenoxy) is 1. The molecule has 0 spiro atoms. The van der Waals surface area contributed by atoms with E-state index in [1.807, 2.05) is 42.5 Å². The minimum Gasteiger partial charge on any atom is -0.462 e. The summed E-state index contributed by atoms with van der Waals surface area (Å²) in [6, 6.07) is -0.716. The van der Waals surface area contributed by atoms with E-state index in [9.17, 15) is 19.8 Å². The molecule has 0 aliphatic heterocycles. The lowest BCUT2D eigenvalue weighted by molar-refractivity contribution is -0.151. The molecule has 322 valence electrons. The molecule has 6 heteroatoms. The summed E-state index contributed by atoms with van der Waals surface area (Å²) in [5.41, 5.74) is 0. The van der Waals surface area contributed by atoms with Gasteiger partial charge in [-0.15, -0.1) is 0 Å². The van der Waals surface area contributed by atoms with Crippen LogP contribution in [0.3, 0.4) is 0 Å². The van der Waals surface area contributed by atoms with Gasteiger partial charge in [-0.25, -0.2) is 0 Å². The van der Waals surface area contributed by atoms with Crippen LogP contribution in [-0.4, -0.2) is 46.9 Å². The Hall–Kier alpha value is -2.70. The number of carbonyl (C=O) groups excluding carboxylic acids is 2. The van der Waals surface area contributed by atoms with Crippen molar-refractivity contribution in [3.05, 3.63) is 72.9 Å². The van der Waals surface area contributed by atoms with Crippen molar-refractivity contribution < 1.29 is 24.5 Å². The smallest absolute Gasteiger partial charge is 0.306 e. The molecule has 0 radical (unpaired) electrons. The van der Waals surface area contributed by atoms with Gasteiger partial charge in [0.2, 0.25) is 5.91 Å². The first-order chi connectivity index (χ1) is 27.5. The van der Waals surface area contributed by atoms with Crippen LogP contribution in [0, 0.1) is 0 Å². The number of rotatable bonds is 40. The highest BCUT2D eigenvalue weighted by Gasteiger charge is 2.24. The molecule has 1 amide bonds. The first-order valence-corrected chi connectivity index (χ1v) is 23.2. The van der Waals surface area contributed by atoms with Crippen LogP contribution in [0.1, 0.15) is 207 Å². The average molecular weight is 782 g/mol. The number of esters is 1. The van der Waals surface area contributed by atoms with E-state index >= 15 is 0 Å². The highest BCUT2D eigenvalue weighted by Crippen LogP contribution is 2.17. The number of aliphatic hydroxyl groups is 2. The molecule has 3 N–H and O–H groups in total. The van der Waals surface area contributed by atoms with Crippen LogP contribution < -0.4 is 5.32 Å². The van der Waals surface area contributed by atoms with Crippen LogP contribution in [0.15, 0.2) is 72.9 Å². The Morgan fingerprint density at radius 1 is 0.536 bits per heavy atom. The highest BCUT2D eigenvalue weighted by molar-refractivity contribution is 5.77. The monoisotopic (exact) mass is 782 g/mol. The van der Waals surface area contributed by atoms with Crippen LogP contribution in [0.4, 0.5) is 0 Å². The number of aliphatic hydroxyl groups excluding tert-OH is 2. The van der Waals surface area contributed by atoms with Crippen LogP contribution >= 0.6 is 0 Å². The molecule has 56 heavy (non-hydrogen) atoms. The molecular formula is C50H87NO5. The number of hydrogen-bond donors (Lipinski definition) is 3. The van der Waals surface area contributed by atoms with Crippen LogP contribution in [0.25, 0.3) is 0 Å². The first-order valence-electron chi connectivity index (χ1n) is 23.2. The average Bonchev–Trinajstić information content (AvgIpc) is 3.19. The zero-order chi connectivity index (χ0) is 41.0. The summed E-state index contributed by atoms with van der Waals surface area (Å²) in [6.45, 7) is 6.24. The van der Waals surface area contributed by atoms with Gasteiger partial charge >= 0.3 is 5.97 Å². The molecule has 0 aliphatic carbocycles. The zero-order valence-electron chi connectivity index (χ0n) is 36.5. The second-order valence-electron chi connectivity index (χ2n) is 15.5. The second-order valence-corrected chi connectivity index (χ2v) is 15.5. The van der Waals surface area contributed by atoms with Gasteiger partial charge < -0.3 is 20.3 Å². The van der Waals surface area contributed by atoms with Crippen molar-refractivity contribution in [2.75, 3.05) is 6.61 Å². The van der Waals surface area contributed by atoms with E-state index in [0.717, 1.165) is 89.9 Å². The number of allylic oxidation sites excluding steroid dienone is 12. The van der Waals surface area contributed by atoms with Crippen molar-refractivity contribution in [1.29, 1.82) is 0 Å². The number of carbonyl (C=O) groups is 2. The van der Waals surface area contributed by atoms with Crippen LogP contribution in [-0.2, 0) is 14.3 Å².